The van der Waals surface area contributed by atoms with Gasteiger partial charge in [0.25, 0.3) is 0 Å². The second-order valence-electron chi connectivity index (χ2n) is 7.31. The average Bonchev–Trinajstić information content (AvgIpc) is 3.36. The summed E-state index contributed by atoms with van der Waals surface area (Å²) in [6.45, 7) is 0.910. The summed E-state index contributed by atoms with van der Waals surface area (Å²) in [6.07, 6.45) is 11.7. The van der Waals surface area contributed by atoms with E-state index in [0.29, 0.717) is 11.8 Å². The normalized spacial score (nSPS) is 20.1. The summed E-state index contributed by atoms with van der Waals surface area (Å²) in [6, 6.07) is 8.26. The Kier molecular flexibility index (Phi) is 4.12. The van der Waals surface area contributed by atoms with Gasteiger partial charge in [0.1, 0.15) is 17.8 Å². The minimum absolute atomic E-state index is 0.529. The lowest BCUT2D eigenvalue weighted by Crippen LogP contribution is -2.19. The zero-order valence-corrected chi connectivity index (χ0v) is 15.0. The van der Waals surface area contributed by atoms with E-state index in [4.69, 9.17) is 4.98 Å². The molecule has 0 saturated heterocycles. The largest absolute Gasteiger partial charge is 0.342 e. The highest BCUT2D eigenvalue weighted by atomic mass is 15.4. The van der Waals surface area contributed by atoms with E-state index in [9.17, 15) is 0 Å². The fraction of sp³-hybridized carbons (Fsp3) is 0.350. The molecule has 0 atom stereocenters. The summed E-state index contributed by atoms with van der Waals surface area (Å²) in [5.74, 6) is 2.30. The minimum Gasteiger partial charge on any atom is -0.342 e. The lowest BCUT2D eigenvalue weighted by atomic mass is 9.81. The van der Waals surface area contributed by atoms with Crippen LogP contribution >= 0.6 is 0 Å². The van der Waals surface area contributed by atoms with Crippen molar-refractivity contribution in [2.24, 2.45) is 5.92 Å². The van der Waals surface area contributed by atoms with Crippen LogP contribution in [0.5, 0.6) is 0 Å². The first-order valence-electron chi connectivity index (χ1n) is 9.45. The van der Waals surface area contributed by atoms with Gasteiger partial charge in [-0.25, -0.2) is 15.0 Å². The monoisotopic (exact) mass is 359 g/mol. The first kappa shape index (κ1) is 16.1. The van der Waals surface area contributed by atoms with Crippen molar-refractivity contribution < 1.29 is 0 Å². The first-order valence-corrected chi connectivity index (χ1v) is 9.45. The highest BCUT2D eigenvalue weighted by molar-refractivity contribution is 5.74. The van der Waals surface area contributed by atoms with Crippen molar-refractivity contribution in [1.82, 2.24) is 34.9 Å². The average molecular weight is 359 g/mol. The SMILES string of the molecule is c1ccc2[nH]c(C3CCC(Cn4cc(-c5cncnc5)nn4)CC3)nc2c1. The fourth-order valence-electron chi connectivity index (χ4n) is 4.00. The van der Waals surface area contributed by atoms with Crippen LogP contribution in [0.2, 0.25) is 0 Å². The summed E-state index contributed by atoms with van der Waals surface area (Å²) in [7, 11) is 0. The maximum Gasteiger partial charge on any atom is 0.116 e. The van der Waals surface area contributed by atoms with Crippen molar-refractivity contribution in [3.8, 4) is 11.3 Å². The number of hydrogen-bond acceptors (Lipinski definition) is 5. The summed E-state index contributed by atoms with van der Waals surface area (Å²) in [5, 5.41) is 8.54. The van der Waals surface area contributed by atoms with Gasteiger partial charge in [-0.3, -0.25) is 4.68 Å². The van der Waals surface area contributed by atoms with Crippen molar-refractivity contribution in [2.45, 2.75) is 38.1 Å². The smallest absolute Gasteiger partial charge is 0.116 e. The number of nitrogens with one attached hydrogen (secondary N) is 1. The predicted molar refractivity (Wildman–Crippen MR) is 102 cm³/mol. The van der Waals surface area contributed by atoms with Gasteiger partial charge in [-0.15, -0.1) is 5.10 Å². The highest BCUT2D eigenvalue weighted by Gasteiger charge is 2.25. The third-order valence-electron chi connectivity index (χ3n) is 5.48. The maximum absolute atomic E-state index is 4.79. The Hall–Kier alpha value is -3.09. The molecule has 0 bridgehead atoms. The second kappa shape index (κ2) is 6.90. The molecular formula is C20H21N7. The zero-order chi connectivity index (χ0) is 18.1. The molecule has 0 unspecified atom stereocenters. The summed E-state index contributed by atoms with van der Waals surface area (Å²) in [5.41, 5.74) is 3.92. The predicted octanol–water partition coefficient (Wildman–Crippen LogP) is 3.59. The van der Waals surface area contributed by atoms with Crippen LogP contribution in [0.1, 0.15) is 37.4 Å². The molecule has 3 heterocycles. The van der Waals surface area contributed by atoms with Gasteiger partial charge in [0.05, 0.1) is 17.2 Å². The Bertz CT molecular complexity index is 996. The number of benzene rings is 1. The topological polar surface area (TPSA) is 85.2 Å². The third kappa shape index (κ3) is 3.32. The maximum atomic E-state index is 4.79. The molecule has 4 aromatic rings. The van der Waals surface area contributed by atoms with E-state index in [1.807, 2.05) is 16.9 Å². The number of aromatic nitrogens is 7. The van der Waals surface area contributed by atoms with E-state index in [-0.39, 0.29) is 0 Å². The van der Waals surface area contributed by atoms with Gasteiger partial charge < -0.3 is 4.98 Å². The van der Waals surface area contributed by atoms with E-state index >= 15 is 0 Å². The molecule has 0 radical (unpaired) electrons. The van der Waals surface area contributed by atoms with Crippen LogP contribution in [-0.4, -0.2) is 34.9 Å². The molecule has 0 amide bonds. The van der Waals surface area contributed by atoms with E-state index in [1.165, 1.54) is 32.0 Å². The summed E-state index contributed by atoms with van der Waals surface area (Å²) in [4.78, 5) is 16.4. The summed E-state index contributed by atoms with van der Waals surface area (Å²) < 4.78 is 1.95. The minimum atomic E-state index is 0.529. The zero-order valence-electron chi connectivity index (χ0n) is 15.0. The summed E-state index contributed by atoms with van der Waals surface area (Å²) >= 11 is 0. The Balaban J connectivity index is 1.21. The number of hydrogen-bond donors (Lipinski definition) is 1. The van der Waals surface area contributed by atoms with Crippen LogP contribution in [0, 0.1) is 5.92 Å². The van der Waals surface area contributed by atoms with Crippen molar-refractivity contribution in [3.05, 3.63) is 55.0 Å². The highest BCUT2D eigenvalue weighted by Crippen LogP contribution is 2.35. The van der Waals surface area contributed by atoms with E-state index in [2.05, 4.69) is 43.5 Å². The molecule has 27 heavy (non-hydrogen) atoms. The molecule has 1 aromatic carbocycles. The third-order valence-corrected chi connectivity index (χ3v) is 5.48. The quantitative estimate of drug-likeness (QED) is 0.602. The molecule has 7 heteroatoms. The van der Waals surface area contributed by atoms with Crippen molar-refractivity contribution in [1.29, 1.82) is 0 Å². The Morgan fingerprint density at radius 2 is 1.85 bits per heavy atom. The van der Waals surface area contributed by atoms with Gasteiger partial charge in [0, 0.05) is 30.4 Å². The molecule has 7 nitrogen and oxygen atoms in total. The molecule has 1 aliphatic carbocycles. The number of H-pyrrole nitrogens is 1. The number of rotatable bonds is 4. The Morgan fingerprint density at radius 1 is 1.04 bits per heavy atom. The first-order chi connectivity index (χ1) is 13.3. The van der Waals surface area contributed by atoms with Gasteiger partial charge in [0.2, 0.25) is 0 Å². The molecule has 1 fully saturated rings. The van der Waals surface area contributed by atoms with Crippen LogP contribution in [0.25, 0.3) is 22.3 Å². The van der Waals surface area contributed by atoms with Crippen LogP contribution in [0.15, 0.2) is 49.2 Å². The number of nitrogens with zero attached hydrogens (tertiary/aromatic N) is 6. The number of fused-ring (bicyclic) bond motifs is 1. The number of aromatic amines is 1. The van der Waals surface area contributed by atoms with E-state index in [0.717, 1.165) is 34.7 Å². The van der Waals surface area contributed by atoms with Crippen LogP contribution in [0.4, 0.5) is 0 Å². The Morgan fingerprint density at radius 3 is 2.67 bits per heavy atom. The van der Waals surface area contributed by atoms with E-state index < -0.39 is 0 Å². The standard InChI is InChI=1S/C20H21N7/c1-2-4-18-17(3-1)23-20(24-18)15-7-5-14(6-8-15)11-27-12-19(25-26-27)16-9-21-13-22-10-16/h1-4,9-10,12-15H,5-8,11H2,(H,23,24). The molecule has 0 spiro atoms. The molecule has 1 aliphatic rings. The van der Waals surface area contributed by atoms with Crippen LogP contribution < -0.4 is 0 Å². The van der Waals surface area contributed by atoms with Gasteiger partial charge in [0.15, 0.2) is 0 Å². The van der Waals surface area contributed by atoms with Crippen molar-refractivity contribution in [3.63, 3.8) is 0 Å². The molecule has 1 saturated carbocycles. The molecule has 5 rings (SSSR count). The van der Waals surface area contributed by atoms with Gasteiger partial charge in [-0.2, -0.15) is 0 Å². The van der Waals surface area contributed by atoms with Crippen LogP contribution in [-0.2, 0) is 6.54 Å². The second-order valence-corrected chi connectivity index (χ2v) is 7.31. The van der Waals surface area contributed by atoms with E-state index in [1.54, 1.807) is 12.4 Å². The number of para-hydroxylation sites is 2. The Labute approximate surface area is 156 Å². The van der Waals surface area contributed by atoms with Gasteiger partial charge in [-0.1, -0.05) is 17.3 Å². The molecule has 0 aliphatic heterocycles. The lowest BCUT2D eigenvalue weighted by Gasteiger charge is -2.27. The fourth-order valence-corrected chi connectivity index (χ4v) is 4.00. The van der Waals surface area contributed by atoms with Crippen LogP contribution in [0.3, 0.4) is 0 Å². The van der Waals surface area contributed by atoms with Crippen molar-refractivity contribution >= 4 is 11.0 Å². The number of imidazole rings is 1. The lowest BCUT2D eigenvalue weighted by molar-refractivity contribution is 0.279. The molecule has 136 valence electrons. The van der Waals surface area contributed by atoms with Gasteiger partial charge in [-0.05, 0) is 43.7 Å². The molecule has 1 N–H and O–H groups in total. The van der Waals surface area contributed by atoms with Crippen molar-refractivity contribution in [2.75, 3.05) is 0 Å². The van der Waals surface area contributed by atoms with Gasteiger partial charge >= 0.3 is 0 Å². The molecular weight excluding hydrogens is 338 g/mol. The molecule has 3 aromatic heterocycles.